The summed E-state index contributed by atoms with van der Waals surface area (Å²) < 4.78 is 21.4. The largest absolute Gasteiger partial charge is 0.361 e. The van der Waals surface area contributed by atoms with Gasteiger partial charge in [0.1, 0.15) is 6.73 Å². The first-order chi connectivity index (χ1) is 13.2. The molecule has 1 saturated heterocycles. The Bertz CT molecular complexity index is 958. The first kappa shape index (κ1) is 20.8. The van der Waals surface area contributed by atoms with Gasteiger partial charge in [-0.1, -0.05) is 0 Å². The molecule has 0 spiro atoms. The number of hydrogen-bond donors (Lipinski definition) is 0. The molecule has 1 atom stereocenters. The van der Waals surface area contributed by atoms with E-state index in [0.29, 0.717) is 37.3 Å². The molecule has 3 rings (SSSR count). The molecule has 0 radical (unpaired) electrons. The van der Waals surface area contributed by atoms with E-state index in [1.54, 1.807) is 11.6 Å². The zero-order chi connectivity index (χ0) is 20.5. The zero-order valence-corrected chi connectivity index (χ0v) is 17.4. The van der Waals surface area contributed by atoms with Crippen molar-refractivity contribution in [2.24, 2.45) is 7.05 Å². The quantitative estimate of drug-likeness (QED) is 0.632. The molecule has 0 bridgehead atoms. The molecule has 0 N–H and O–H groups in total. The van der Waals surface area contributed by atoms with Crippen molar-refractivity contribution in [1.82, 2.24) is 18.7 Å². The summed E-state index contributed by atoms with van der Waals surface area (Å²) in [6, 6.07) is 0. The standard InChI is InChI=1S/C19H30N4O5/c1-6-26-13-22-12-20-15-14(22)16(24)23(17(25)21(15)5)10-8-7-9-19(4)11-27-18(2,3)28-19/h12H,6-11,13H2,1-5H3. The molecule has 3 heterocycles. The van der Waals surface area contributed by atoms with E-state index in [1.807, 2.05) is 27.7 Å². The molecular weight excluding hydrogens is 364 g/mol. The Morgan fingerprint density at radius 2 is 2.00 bits per heavy atom. The second-order valence-electron chi connectivity index (χ2n) is 8.00. The first-order valence-corrected chi connectivity index (χ1v) is 9.74. The van der Waals surface area contributed by atoms with Gasteiger partial charge in [0.15, 0.2) is 17.0 Å². The minimum atomic E-state index is -0.564. The lowest BCUT2D eigenvalue weighted by molar-refractivity contribution is -0.158. The Kier molecular flexibility index (Phi) is 5.79. The van der Waals surface area contributed by atoms with E-state index in [2.05, 4.69) is 4.98 Å². The maximum absolute atomic E-state index is 12.9. The van der Waals surface area contributed by atoms with Crippen LogP contribution in [0, 0.1) is 0 Å². The number of nitrogens with zero attached hydrogens (tertiary/aromatic N) is 4. The number of hydrogen-bond acceptors (Lipinski definition) is 6. The predicted octanol–water partition coefficient (Wildman–Crippen LogP) is 1.60. The molecule has 0 amide bonds. The summed E-state index contributed by atoms with van der Waals surface area (Å²) in [5.41, 5.74) is -0.261. The van der Waals surface area contributed by atoms with Crippen molar-refractivity contribution in [2.75, 3.05) is 13.2 Å². The highest BCUT2D eigenvalue weighted by atomic mass is 16.7. The summed E-state index contributed by atoms with van der Waals surface area (Å²) in [7, 11) is 1.63. The number of imidazole rings is 1. The maximum Gasteiger partial charge on any atom is 0.332 e. The predicted molar refractivity (Wildman–Crippen MR) is 104 cm³/mol. The highest BCUT2D eigenvalue weighted by Gasteiger charge is 2.41. The van der Waals surface area contributed by atoms with Gasteiger partial charge in [0, 0.05) is 20.2 Å². The van der Waals surface area contributed by atoms with Gasteiger partial charge in [0.25, 0.3) is 5.56 Å². The second-order valence-corrected chi connectivity index (χ2v) is 8.00. The summed E-state index contributed by atoms with van der Waals surface area (Å²) in [5.74, 6) is -0.564. The molecular formula is C19H30N4O5. The number of aromatic nitrogens is 4. The number of unbranched alkanes of at least 4 members (excludes halogenated alkanes) is 1. The lowest BCUT2D eigenvalue weighted by atomic mass is 10.00. The Morgan fingerprint density at radius 1 is 1.25 bits per heavy atom. The van der Waals surface area contributed by atoms with E-state index in [0.717, 1.165) is 12.8 Å². The van der Waals surface area contributed by atoms with Crippen LogP contribution in [0.4, 0.5) is 0 Å². The van der Waals surface area contributed by atoms with Gasteiger partial charge in [0.2, 0.25) is 0 Å². The van der Waals surface area contributed by atoms with Crippen LogP contribution < -0.4 is 11.2 Å². The lowest BCUT2D eigenvalue weighted by Gasteiger charge is -2.25. The van der Waals surface area contributed by atoms with E-state index in [-0.39, 0.29) is 23.6 Å². The number of fused-ring (bicyclic) bond motifs is 1. The minimum Gasteiger partial charge on any atom is -0.361 e. The second kappa shape index (κ2) is 7.81. The van der Waals surface area contributed by atoms with Crippen molar-refractivity contribution >= 4 is 11.2 Å². The van der Waals surface area contributed by atoms with Gasteiger partial charge in [0.05, 0.1) is 18.5 Å². The molecule has 9 heteroatoms. The summed E-state index contributed by atoms with van der Waals surface area (Å²) in [6.45, 7) is 9.38. The molecule has 1 unspecified atom stereocenters. The van der Waals surface area contributed by atoms with Gasteiger partial charge in [-0.25, -0.2) is 9.78 Å². The van der Waals surface area contributed by atoms with Gasteiger partial charge >= 0.3 is 5.69 Å². The van der Waals surface area contributed by atoms with Crippen molar-refractivity contribution in [1.29, 1.82) is 0 Å². The molecule has 2 aromatic heterocycles. The minimum absolute atomic E-state index is 0.228. The molecule has 28 heavy (non-hydrogen) atoms. The van der Waals surface area contributed by atoms with Crippen molar-refractivity contribution < 1.29 is 14.2 Å². The van der Waals surface area contributed by atoms with Gasteiger partial charge in [-0.3, -0.25) is 13.9 Å². The van der Waals surface area contributed by atoms with Gasteiger partial charge in [-0.2, -0.15) is 0 Å². The van der Waals surface area contributed by atoms with Crippen molar-refractivity contribution in [3.63, 3.8) is 0 Å². The Labute approximate surface area is 163 Å². The fraction of sp³-hybridized carbons (Fsp3) is 0.737. The third-order valence-electron chi connectivity index (χ3n) is 5.09. The van der Waals surface area contributed by atoms with Crippen LogP contribution in [0.3, 0.4) is 0 Å². The molecule has 2 aromatic rings. The van der Waals surface area contributed by atoms with Crippen LogP contribution in [0.2, 0.25) is 0 Å². The maximum atomic E-state index is 12.9. The van der Waals surface area contributed by atoms with Crippen molar-refractivity contribution in [2.45, 2.75) is 71.6 Å². The van der Waals surface area contributed by atoms with E-state index in [9.17, 15) is 9.59 Å². The van der Waals surface area contributed by atoms with E-state index < -0.39 is 5.79 Å². The third kappa shape index (κ3) is 4.06. The van der Waals surface area contributed by atoms with E-state index >= 15 is 0 Å². The average Bonchev–Trinajstić information content (AvgIpc) is 3.18. The average molecular weight is 394 g/mol. The molecule has 0 aliphatic carbocycles. The van der Waals surface area contributed by atoms with Crippen LogP contribution in [-0.2, 0) is 34.5 Å². The highest BCUT2D eigenvalue weighted by molar-refractivity contribution is 5.69. The smallest absolute Gasteiger partial charge is 0.332 e. The third-order valence-corrected chi connectivity index (χ3v) is 5.09. The molecule has 0 saturated carbocycles. The van der Waals surface area contributed by atoms with Crippen molar-refractivity contribution in [3.05, 3.63) is 27.2 Å². The Morgan fingerprint density at radius 3 is 2.64 bits per heavy atom. The topological polar surface area (TPSA) is 89.5 Å². The highest BCUT2D eigenvalue weighted by Crippen LogP contribution is 2.34. The van der Waals surface area contributed by atoms with Crippen LogP contribution in [0.15, 0.2) is 15.9 Å². The van der Waals surface area contributed by atoms with E-state index in [4.69, 9.17) is 14.2 Å². The van der Waals surface area contributed by atoms with Gasteiger partial charge in [-0.05, 0) is 47.0 Å². The van der Waals surface area contributed by atoms with Gasteiger partial charge < -0.3 is 18.8 Å². The Hall–Kier alpha value is -1.97. The van der Waals surface area contributed by atoms with Crippen molar-refractivity contribution in [3.8, 4) is 0 Å². The molecule has 9 nitrogen and oxygen atoms in total. The summed E-state index contributed by atoms with van der Waals surface area (Å²) in [6.07, 6.45) is 3.85. The Balaban J connectivity index is 1.74. The van der Waals surface area contributed by atoms with E-state index in [1.165, 1.54) is 15.5 Å². The summed E-state index contributed by atoms with van der Waals surface area (Å²) >= 11 is 0. The fourth-order valence-corrected chi connectivity index (χ4v) is 3.68. The lowest BCUT2D eigenvalue weighted by Crippen LogP contribution is -2.40. The van der Waals surface area contributed by atoms with Crippen LogP contribution >= 0.6 is 0 Å². The van der Waals surface area contributed by atoms with Crippen LogP contribution in [-0.4, -0.2) is 43.3 Å². The SMILES string of the molecule is CCOCn1cnc2c1c(=O)n(CCCCC1(C)COC(C)(C)O1)c(=O)n2C. The molecule has 1 aliphatic heterocycles. The fourth-order valence-electron chi connectivity index (χ4n) is 3.68. The van der Waals surface area contributed by atoms with Gasteiger partial charge in [-0.15, -0.1) is 0 Å². The summed E-state index contributed by atoms with van der Waals surface area (Å²) in [4.78, 5) is 29.8. The normalized spacial score (nSPS) is 21.6. The summed E-state index contributed by atoms with van der Waals surface area (Å²) in [5, 5.41) is 0. The zero-order valence-electron chi connectivity index (χ0n) is 17.4. The molecule has 0 aromatic carbocycles. The number of rotatable bonds is 8. The molecule has 1 aliphatic rings. The number of aryl methyl sites for hydroxylation is 1. The monoisotopic (exact) mass is 394 g/mol. The first-order valence-electron chi connectivity index (χ1n) is 9.74. The molecule has 156 valence electrons. The number of ether oxygens (including phenoxy) is 3. The van der Waals surface area contributed by atoms with Crippen LogP contribution in [0.1, 0.15) is 47.0 Å². The molecule has 1 fully saturated rings. The van der Waals surface area contributed by atoms with Crippen LogP contribution in [0.25, 0.3) is 11.2 Å². The van der Waals surface area contributed by atoms with Crippen LogP contribution in [0.5, 0.6) is 0 Å².